The number of likely N-dealkylation sites (tertiary alicyclic amines) is 1. The Bertz CT molecular complexity index is 113. The molecule has 2 nitrogen and oxygen atoms in total. The third-order valence-electron chi connectivity index (χ3n) is 3.04. The van der Waals surface area contributed by atoms with Crippen molar-refractivity contribution in [1.82, 2.24) is 9.80 Å². The van der Waals surface area contributed by atoms with Crippen molar-refractivity contribution in [3.05, 3.63) is 0 Å². The zero-order valence-corrected chi connectivity index (χ0v) is 9.26. The minimum atomic E-state index is 1.20. The molecule has 0 aliphatic carbocycles. The van der Waals surface area contributed by atoms with Gasteiger partial charge < -0.3 is 9.80 Å². The van der Waals surface area contributed by atoms with Crippen LogP contribution in [0.4, 0.5) is 0 Å². The first-order chi connectivity index (χ1) is 6.36. The summed E-state index contributed by atoms with van der Waals surface area (Å²) in [5.41, 5.74) is 0. The van der Waals surface area contributed by atoms with E-state index in [2.05, 4.69) is 23.6 Å². The molecule has 0 saturated carbocycles. The highest BCUT2D eigenvalue weighted by molar-refractivity contribution is 4.66. The molecule has 1 aliphatic rings. The summed E-state index contributed by atoms with van der Waals surface area (Å²) in [6, 6.07) is 0. The van der Waals surface area contributed by atoms with Crippen LogP contribution in [-0.4, -0.2) is 49.1 Å². The molecule has 0 bridgehead atoms. The molecule has 1 aliphatic heterocycles. The van der Waals surface area contributed by atoms with Crippen LogP contribution < -0.4 is 0 Å². The summed E-state index contributed by atoms with van der Waals surface area (Å²) in [4.78, 5) is 5.11. The van der Waals surface area contributed by atoms with Crippen LogP contribution in [-0.2, 0) is 0 Å². The van der Waals surface area contributed by atoms with Gasteiger partial charge in [0.15, 0.2) is 0 Å². The summed E-state index contributed by atoms with van der Waals surface area (Å²) in [6.45, 7) is 12.2. The van der Waals surface area contributed by atoms with Gasteiger partial charge in [-0.2, -0.15) is 0 Å². The van der Waals surface area contributed by atoms with E-state index < -0.39 is 0 Å². The number of hydrogen-bond acceptors (Lipinski definition) is 2. The molecular weight excluding hydrogens is 160 g/mol. The van der Waals surface area contributed by atoms with Crippen LogP contribution in [0, 0.1) is 0 Å². The molecular formula is C11H24N2. The lowest BCUT2D eigenvalue weighted by molar-refractivity contribution is 0.263. The monoisotopic (exact) mass is 184 g/mol. The molecule has 0 radical (unpaired) electrons. The molecule has 0 aromatic heterocycles. The Morgan fingerprint density at radius 1 is 1.08 bits per heavy atom. The molecule has 0 unspecified atom stereocenters. The second-order valence-electron chi connectivity index (χ2n) is 3.93. The van der Waals surface area contributed by atoms with Crippen molar-refractivity contribution >= 4 is 0 Å². The van der Waals surface area contributed by atoms with Crippen molar-refractivity contribution < 1.29 is 0 Å². The molecule has 0 N–H and O–H groups in total. The van der Waals surface area contributed by atoms with Gasteiger partial charge in [-0.3, -0.25) is 0 Å². The Morgan fingerprint density at radius 2 is 1.69 bits per heavy atom. The average Bonchev–Trinajstić information content (AvgIpc) is 2.65. The Hall–Kier alpha value is -0.0800. The predicted molar refractivity (Wildman–Crippen MR) is 58.1 cm³/mol. The van der Waals surface area contributed by atoms with E-state index in [0.29, 0.717) is 0 Å². The quantitative estimate of drug-likeness (QED) is 0.621. The van der Waals surface area contributed by atoms with Crippen molar-refractivity contribution in [2.24, 2.45) is 0 Å². The third kappa shape index (κ3) is 4.10. The Labute approximate surface area is 82.9 Å². The van der Waals surface area contributed by atoms with Gasteiger partial charge in [-0.15, -0.1) is 0 Å². The van der Waals surface area contributed by atoms with Crippen LogP contribution in [0.2, 0.25) is 0 Å². The van der Waals surface area contributed by atoms with E-state index in [1.54, 1.807) is 0 Å². The van der Waals surface area contributed by atoms with E-state index in [-0.39, 0.29) is 0 Å². The summed E-state index contributed by atoms with van der Waals surface area (Å²) >= 11 is 0. The minimum Gasteiger partial charge on any atom is -0.304 e. The molecule has 2 heteroatoms. The first-order valence-electron chi connectivity index (χ1n) is 5.81. The van der Waals surface area contributed by atoms with Crippen molar-refractivity contribution in [1.29, 1.82) is 0 Å². The first kappa shape index (κ1) is 11.0. The van der Waals surface area contributed by atoms with Crippen molar-refractivity contribution in [2.45, 2.75) is 33.1 Å². The zero-order valence-electron chi connectivity index (χ0n) is 9.26. The zero-order chi connectivity index (χ0) is 9.52. The smallest absolute Gasteiger partial charge is 0.000655 e. The van der Waals surface area contributed by atoms with Gasteiger partial charge in [-0.1, -0.05) is 13.8 Å². The lowest BCUT2D eigenvalue weighted by atomic mass is 10.3. The van der Waals surface area contributed by atoms with Crippen LogP contribution in [0.3, 0.4) is 0 Å². The largest absolute Gasteiger partial charge is 0.304 e. The fraction of sp³-hybridized carbons (Fsp3) is 1.00. The topological polar surface area (TPSA) is 6.48 Å². The first-order valence-corrected chi connectivity index (χ1v) is 5.81. The maximum Gasteiger partial charge on any atom is -0.000655 e. The Morgan fingerprint density at radius 3 is 2.23 bits per heavy atom. The standard InChI is InChI=1S/C11H24N2/c1-3-12(4-2)10-7-11-13-8-5-6-9-13/h3-11H2,1-2H3. The highest BCUT2D eigenvalue weighted by Gasteiger charge is 2.10. The van der Waals surface area contributed by atoms with Gasteiger partial charge in [0.05, 0.1) is 0 Å². The van der Waals surface area contributed by atoms with E-state index in [1.807, 2.05) is 0 Å². The molecule has 0 spiro atoms. The van der Waals surface area contributed by atoms with Gasteiger partial charge in [0.2, 0.25) is 0 Å². The van der Waals surface area contributed by atoms with E-state index in [9.17, 15) is 0 Å². The van der Waals surface area contributed by atoms with Gasteiger partial charge >= 0.3 is 0 Å². The number of nitrogens with zero attached hydrogens (tertiary/aromatic N) is 2. The van der Waals surface area contributed by atoms with Crippen molar-refractivity contribution in [3.8, 4) is 0 Å². The van der Waals surface area contributed by atoms with E-state index in [4.69, 9.17) is 0 Å². The summed E-state index contributed by atoms with van der Waals surface area (Å²) in [5, 5.41) is 0. The van der Waals surface area contributed by atoms with Crippen molar-refractivity contribution in [2.75, 3.05) is 39.3 Å². The van der Waals surface area contributed by atoms with Crippen LogP contribution in [0.25, 0.3) is 0 Å². The minimum absolute atomic E-state index is 1.20. The third-order valence-corrected chi connectivity index (χ3v) is 3.04. The molecule has 1 rings (SSSR count). The Balaban J connectivity index is 1.98. The summed E-state index contributed by atoms with van der Waals surface area (Å²) in [7, 11) is 0. The van der Waals surface area contributed by atoms with Gasteiger partial charge in [-0.25, -0.2) is 0 Å². The van der Waals surface area contributed by atoms with E-state index in [1.165, 1.54) is 58.5 Å². The molecule has 0 atom stereocenters. The SMILES string of the molecule is CCN(CC)CCCN1CCCC1. The molecule has 0 amide bonds. The number of rotatable bonds is 6. The fourth-order valence-electron chi connectivity index (χ4n) is 2.06. The molecule has 0 aromatic carbocycles. The molecule has 13 heavy (non-hydrogen) atoms. The molecule has 1 heterocycles. The molecule has 1 fully saturated rings. The van der Waals surface area contributed by atoms with Gasteiger partial charge in [0.1, 0.15) is 0 Å². The van der Waals surface area contributed by atoms with E-state index in [0.717, 1.165) is 0 Å². The maximum atomic E-state index is 2.60. The fourth-order valence-corrected chi connectivity index (χ4v) is 2.06. The number of hydrogen-bond donors (Lipinski definition) is 0. The van der Waals surface area contributed by atoms with Gasteiger partial charge in [0, 0.05) is 0 Å². The highest BCUT2D eigenvalue weighted by Crippen LogP contribution is 2.07. The predicted octanol–water partition coefficient (Wildman–Crippen LogP) is 1.81. The highest BCUT2D eigenvalue weighted by atomic mass is 15.1. The Kier molecular flexibility index (Phi) is 5.40. The van der Waals surface area contributed by atoms with Crippen molar-refractivity contribution in [3.63, 3.8) is 0 Å². The summed E-state index contributed by atoms with van der Waals surface area (Å²) < 4.78 is 0. The van der Waals surface area contributed by atoms with Gasteiger partial charge in [0.25, 0.3) is 0 Å². The lowest BCUT2D eigenvalue weighted by Crippen LogP contribution is -2.28. The molecule has 0 aromatic rings. The van der Waals surface area contributed by atoms with Crippen LogP contribution in [0.5, 0.6) is 0 Å². The summed E-state index contributed by atoms with van der Waals surface area (Å²) in [5.74, 6) is 0. The van der Waals surface area contributed by atoms with E-state index >= 15 is 0 Å². The lowest BCUT2D eigenvalue weighted by Gasteiger charge is -2.20. The second kappa shape index (κ2) is 6.39. The molecule has 1 saturated heterocycles. The van der Waals surface area contributed by atoms with Crippen LogP contribution in [0.15, 0.2) is 0 Å². The average molecular weight is 184 g/mol. The molecule has 78 valence electrons. The maximum absolute atomic E-state index is 2.60. The summed E-state index contributed by atoms with van der Waals surface area (Å²) in [6.07, 6.45) is 4.19. The normalized spacial score (nSPS) is 18.7. The van der Waals surface area contributed by atoms with Crippen LogP contribution >= 0.6 is 0 Å². The van der Waals surface area contributed by atoms with Gasteiger partial charge in [-0.05, 0) is 58.5 Å². The second-order valence-corrected chi connectivity index (χ2v) is 3.93. The van der Waals surface area contributed by atoms with Crippen LogP contribution in [0.1, 0.15) is 33.1 Å².